The molecule has 0 bridgehead atoms. The molecule has 0 radical (unpaired) electrons. The Morgan fingerprint density at radius 2 is 2.22 bits per heavy atom. The maximum Gasteiger partial charge on any atom is -0.0259 e. The second-order valence-electron chi connectivity index (χ2n) is 2.72. The number of hydrogen-bond acceptors (Lipinski definition) is 0. The van der Waals surface area contributed by atoms with Crippen LogP contribution < -0.4 is 0 Å². The Morgan fingerprint density at radius 3 is 3.11 bits per heavy atom. The monoisotopic (exact) mass is 122 g/mol. The van der Waals surface area contributed by atoms with Crippen LogP contribution in [0.15, 0.2) is 24.3 Å². The van der Waals surface area contributed by atoms with Gasteiger partial charge in [0, 0.05) is 0 Å². The maximum absolute atomic E-state index is 2.27. The molecule has 1 unspecified atom stereocenters. The molecule has 0 saturated heterocycles. The lowest BCUT2D eigenvalue weighted by molar-refractivity contribution is 0.609. The third kappa shape index (κ3) is 2.50. The SMILES string of the molecule is CC1C=CC=CCCC1. The van der Waals surface area contributed by atoms with Crippen LogP contribution in [-0.4, -0.2) is 0 Å². The molecule has 1 aliphatic carbocycles. The van der Waals surface area contributed by atoms with Crippen LogP contribution in [0.4, 0.5) is 0 Å². The predicted octanol–water partition coefficient (Wildman–Crippen LogP) is 2.92. The summed E-state index contributed by atoms with van der Waals surface area (Å²) in [6, 6.07) is 0. The first kappa shape index (κ1) is 6.60. The fraction of sp³-hybridized carbons (Fsp3) is 0.556. The van der Waals surface area contributed by atoms with E-state index in [-0.39, 0.29) is 0 Å². The number of allylic oxidation sites excluding steroid dienone is 4. The zero-order chi connectivity index (χ0) is 6.53. The van der Waals surface area contributed by atoms with Crippen molar-refractivity contribution in [1.82, 2.24) is 0 Å². The normalized spacial score (nSPS) is 27.4. The Labute approximate surface area is 57.3 Å². The van der Waals surface area contributed by atoms with Crippen LogP contribution in [0, 0.1) is 5.92 Å². The number of hydrogen-bond donors (Lipinski definition) is 0. The highest BCUT2D eigenvalue weighted by Crippen LogP contribution is 2.11. The van der Waals surface area contributed by atoms with E-state index >= 15 is 0 Å². The summed E-state index contributed by atoms with van der Waals surface area (Å²) in [6.07, 6.45) is 12.8. The maximum atomic E-state index is 2.27. The molecule has 0 heteroatoms. The van der Waals surface area contributed by atoms with Gasteiger partial charge in [0.15, 0.2) is 0 Å². The topological polar surface area (TPSA) is 0 Å². The van der Waals surface area contributed by atoms with Crippen LogP contribution in [0.25, 0.3) is 0 Å². The quantitative estimate of drug-likeness (QED) is 0.463. The molecule has 0 aromatic carbocycles. The first-order chi connectivity index (χ1) is 4.39. The molecule has 9 heavy (non-hydrogen) atoms. The van der Waals surface area contributed by atoms with E-state index in [4.69, 9.17) is 0 Å². The second-order valence-corrected chi connectivity index (χ2v) is 2.72. The summed E-state index contributed by atoms with van der Waals surface area (Å²) in [4.78, 5) is 0. The lowest BCUT2D eigenvalue weighted by atomic mass is 10.0. The van der Waals surface area contributed by atoms with Crippen LogP contribution >= 0.6 is 0 Å². The van der Waals surface area contributed by atoms with Crippen LogP contribution in [0.5, 0.6) is 0 Å². The summed E-state index contributed by atoms with van der Waals surface area (Å²) in [6.45, 7) is 2.27. The Bertz CT molecular complexity index is 120. The summed E-state index contributed by atoms with van der Waals surface area (Å²) in [5.74, 6) is 0.787. The van der Waals surface area contributed by atoms with Crippen molar-refractivity contribution in [2.45, 2.75) is 26.2 Å². The summed E-state index contributed by atoms with van der Waals surface area (Å²) in [5, 5.41) is 0. The van der Waals surface area contributed by atoms with Gasteiger partial charge in [-0.25, -0.2) is 0 Å². The van der Waals surface area contributed by atoms with E-state index in [0.717, 1.165) is 5.92 Å². The van der Waals surface area contributed by atoms with Gasteiger partial charge in [-0.2, -0.15) is 0 Å². The van der Waals surface area contributed by atoms with E-state index in [1.807, 2.05) is 0 Å². The van der Waals surface area contributed by atoms with Gasteiger partial charge >= 0.3 is 0 Å². The zero-order valence-corrected chi connectivity index (χ0v) is 6.01. The van der Waals surface area contributed by atoms with Gasteiger partial charge in [0.25, 0.3) is 0 Å². The van der Waals surface area contributed by atoms with E-state index in [2.05, 4.69) is 31.2 Å². The fourth-order valence-corrected chi connectivity index (χ4v) is 1.08. The third-order valence-corrected chi connectivity index (χ3v) is 1.72. The average Bonchev–Trinajstić information content (AvgIpc) is 1.79. The van der Waals surface area contributed by atoms with Gasteiger partial charge in [-0.1, -0.05) is 31.2 Å². The number of rotatable bonds is 0. The smallest absolute Gasteiger partial charge is 0.0259 e. The molecule has 1 atom stereocenters. The van der Waals surface area contributed by atoms with Crippen molar-refractivity contribution >= 4 is 0 Å². The van der Waals surface area contributed by atoms with Crippen LogP contribution in [0.1, 0.15) is 26.2 Å². The van der Waals surface area contributed by atoms with Crippen molar-refractivity contribution in [2.24, 2.45) is 5.92 Å². The molecular formula is C9H14. The van der Waals surface area contributed by atoms with Crippen LogP contribution in [0.2, 0.25) is 0 Å². The Kier molecular flexibility index (Phi) is 2.56. The van der Waals surface area contributed by atoms with E-state index in [1.54, 1.807) is 0 Å². The molecule has 0 nitrogen and oxygen atoms in total. The highest BCUT2D eigenvalue weighted by Gasteiger charge is 1.95. The largest absolute Gasteiger partial charge is 0.0845 e. The van der Waals surface area contributed by atoms with Crippen molar-refractivity contribution in [2.75, 3.05) is 0 Å². The molecular weight excluding hydrogens is 108 g/mol. The van der Waals surface area contributed by atoms with Gasteiger partial charge < -0.3 is 0 Å². The summed E-state index contributed by atoms with van der Waals surface area (Å²) < 4.78 is 0. The molecule has 0 heterocycles. The zero-order valence-electron chi connectivity index (χ0n) is 6.01. The van der Waals surface area contributed by atoms with E-state index in [0.29, 0.717) is 0 Å². The first-order valence-corrected chi connectivity index (χ1v) is 3.73. The molecule has 0 aliphatic heterocycles. The van der Waals surface area contributed by atoms with E-state index in [9.17, 15) is 0 Å². The minimum atomic E-state index is 0.787. The standard InChI is InChI=1S/C9H14/c1-9-7-5-3-2-4-6-8-9/h2-3,5,7,9H,4,6,8H2,1H3. The van der Waals surface area contributed by atoms with Gasteiger partial charge in [0.2, 0.25) is 0 Å². The van der Waals surface area contributed by atoms with Crippen LogP contribution in [0.3, 0.4) is 0 Å². The molecule has 1 aliphatic rings. The van der Waals surface area contributed by atoms with Crippen molar-refractivity contribution in [1.29, 1.82) is 0 Å². The molecule has 0 saturated carbocycles. The van der Waals surface area contributed by atoms with Gasteiger partial charge in [0.1, 0.15) is 0 Å². The van der Waals surface area contributed by atoms with Crippen LogP contribution in [-0.2, 0) is 0 Å². The Hall–Kier alpha value is -0.520. The minimum Gasteiger partial charge on any atom is -0.0845 e. The van der Waals surface area contributed by atoms with Gasteiger partial charge in [0.05, 0.1) is 0 Å². The second kappa shape index (κ2) is 3.49. The van der Waals surface area contributed by atoms with Gasteiger partial charge in [-0.3, -0.25) is 0 Å². The molecule has 0 spiro atoms. The highest BCUT2D eigenvalue weighted by atomic mass is 14.0. The average molecular weight is 122 g/mol. The molecule has 0 aromatic heterocycles. The molecule has 0 amide bonds. The van der Waals surface area contributed by atoms with Gasteiger partial charge in [-0.05, 0) is 25.2 Å². The highest BCUT2D eigenvalue weighted by molar-refractivity contribution is 5.05. The predicted molar refractivity (Wildman–Crippen MR) is 41.3 cm³/mol. The lowest BCUT2D eigenvalue weighted by Gasteiger charge is -2.04. The van der Waals surface area contributed by atoms with Crippen molar-refractivity contribution in [3.8, 4) is 0 Å². The molecule has 0 N–H and O–H groups in total. The molecule has 50 valence electrons. The van der Waals surface area contributed by atoms with Crippen molar-refractivity contribution in [3.63, 3.8) is 0 Å². The molecule has 0 fully saturated rings. The van der Waals surface area contributed by atoms with Crippen molar-refractivity contribution < 1.29 is 0 Å². The Balaban J connectivity index is 2.44. The third-order valence-electron chi connectivity index (χ3n) is 1.72. The summed E-state index contributed by atoms with van der Waals surface area (Å²) in [7, 11) is 0. The summed E-state index contributed by atoms with van der Waals surface area (Å²) in [5.41, 5.74) is 0. The molecule has 0 aromatic rings. The Morgan fingerprint density at radius 1 is 1.33 bits per heavy atom. The van der Waals surface area contributed by atoms with E-state index in [1.165, 1.54) is 19.3 Å². The first-order valence-electron chi connectivity index (χ1n) is 3.73. The molecule has 1 rings (SSSR count). The summed E-state index contributed by atoms with van der Waals surface area (Å²) >= 11 is 0. The van der Waals surface area contributed by atoms with Crippen molar-refractivity contribution in [3.05, 3.63) is 24.3 Å². The fourth-order valence-electron chi connectivity index (χ4n) is 1.08. The minimum absolute atomic E-state index is 0.787. The van der Waals surface area contributed by atoms with E-state index < -0.39 is 0 Å². The lowest BCUT2D eigenvalue weighted by Crippen LogP contribution is -1.89. The van der Waals surface area contributed by atoms with Gasteiger partial charge in [-0.15, -0.1) is 0 Å².